The molecule has 0 aromatic rings. The first-order chi connectivity index (χ1) is 28.7. The maximum atomic E-state index is 13.8. The summed E-state index contributed by atoms with van der Waals surface area (Å²) in [6, 6.07) is -12.7. The lowest BCUT2D eigenvalue weighted by Gasteiger charge is -2.29. The molecule has 352 valence electrons. The van der Waals surface area contributed by atoms with E-state index in [4.69, 9.17) is 22.3 Å². The van der Waals surface area contributed by atoms with Crippen molar-refractivity contribution in [1.29, 1.82) is 0 Å². The van der Waals surface area contributed by atoms with Gasteiger partial charge in [-0.2, -0.15) is 0 Å². The number of amides is 8. The second kappa shape index (κ2) is 27.8. The number of rotatable bonds is 30. The summed E-state index contributed by atoms with van der Waals surface area (Å²) < 4.78 is 0. The molecule has 0 aliphatic carbocycles. The molecule has 25 heteroatoms. The molecule has 0 radical (unpaired) electrons. The molecule has 8 amide bonds. The molecule has 25 nitrogen and oxygen atoms in total. The van der Waals surface area contributed by atoms with Crippen molar-refractivity contribution in [3.63, 3.8) is 0 Å². The number of aliphatic hydroxyl groups is 1. The van der Waals surface area contributed by atoms with Crippen molar-refractivity contribution in [2.24, 2.45) is 29.0 Å². The fourth-order valence-corrected chi connectivity index (χ4v) is 5.62. The highest BCUT2D eigenvalue weighted by Gasteiger charge is 2.37. The van der Waals surface area contributed by atoms with E-state index in [0.29, 0.717) is 12.8 Å². The number of carboxylic acid groups (broad SMARTS) is 3. The molecule has 0 aliphatic heterocycles. The molecular weight excluding hydrogens is 824 g/mol. The molecule has 0 fully saturated rings. The molecule has 0 heterocycles. The van der Waals surface area contributed by atoms with Gasteiger partial charge in [0.15, 0.2) is 0 Å². The van der Waals surface area contributed by atoms with Gasteiger partial charge < -0.3 is 74.8 Å². The highest BCUT2D eigenvalue weighted by Crippen LogP contribution is 2.12. The molecule has 17 N–H and O–H groups in total. The SMILES string of the molecule is CC[C@H](C)[C@H](NC(=O)[C@H](CCCCN)NC(=O)[C@@H](NC(=O)[C@H](C)N)[C@@H](C)O)C(=O)N[C@@H](CC(=O)O)C(=O)N[C@@H](CC(N)=O)C(=O)N[C@@H](CC(C)C)C(=O)N[C@@H](CC(=O)O)C(=O)O. The smallest absolute Gasteiger partial charge is 0.326 e. The van der Waals surface area contributed by atoms with Crippen LogP contribution in [-0.4, -0.2) is 147 Å². The average Bonchev–Trinajstić information content (AvgIpc) is 3.15. The minimum Gasteiger partial charge on any atom is -0.481 e. The first-order valence-electron chi connectivity index (χ1n) is 20.0. The summed E-state index contributed by atoms with van der Waals surface area (Å²) >= 11 is 0. The van der Waals surface area contributed by atoms with Crippen LogP contribution >= 0.6 is 0 Å². The molecule has 0 unspecified atom stereocenters. The van der Waals surface area contributed by atoms with E-state index in [2.05, 4.69) is 31.9 Å². The molecule has 10 atom stereocenters. The van der Waals surface area contributed by atoms with Crippen molar-refractivity contribution in [1.82, 2.24) is 37.2 Å². The number of aliphatic carboxylic acids is 3. The monoisotopic (exact) mass is 888 g/mol. The van der Waals surface area contributed by atoms with Gasteiger partial charge in [0, 0.05) is 0 Å². The molecule has 0 spiro atoms. The number of nitrogens with one attached hydrogen (secondary N) is 7. The van der Waals surface area contributed by atoms with Crippen LogP contribution in [0.15, 0.2) is 0 Å². The molecule has 0 aliphatic rings. The van der Waals surface area contributed by atoms with Crippen molar-refractivity contribution in [2.75, 3.05) is 6.54 Å². The molecule has 0 aromatic carbocycles. The Kier molecular flexibility index (Phi) is 25.1. The summed E-state index contributed by atoms with van der Waals surface area (Å²) in [5.41, 5.74) is 16.5. The molecule has 0 aromatic heterocycles. The Bertz CT molecular complexity index is 1610. The van der Waals surface area contributed by atoms with E-state index in [1.807, 2.05) is 5.32 Å². The van der Waals surface area contributed by atoms with E-state index in [0.717, 1.165) is 0 Å². The lowest BCUT2D eigenvalue weighted by molar-refractivity contribution is -0.147. The van der Waals surface area contributed by atoms with Gasteiger partial charge >= 0.3 is 17.9 Å². The molecule has 62 heavy (non-hydrogen) atoms. The first-order valence-corrected chi connectivity index (χ1v) is 20.0. The Labute approximate surface area is 358 Å². The summed E-state index contributed by atoms with van der Waals surface area (Å²) in [7, 11) is 0. The third-order valence-corrected chi connectivity index (χ3v) is 9.23. The van der Waals surface area contributed by atoms with E-state index >= 15 is 0 Å². The van der Waals surface area contributed by atoms with Crippen molar-refractivity contribution in [3.8, 4) is 0 Å². The third-order valence-electron chi connectivity index (χ3n) is 9.23. The summed E-state index contributed by atoms with van der Waals surface area (Å²) in [6.45, 7) is 9.25. The molecule has 0 bridgehead atoms. The number of carboxylic acids is 3. The molecular formula is C37H64N10O15. The van der Waals surface area contributed by atoms with Gasteiger partial charge in [-0.15, -0.1) is 0 Å². The van der Waals surface area contributed by atoms with E-state index in [9.17, 15) is 68.1 Å². The Morgan fingerprint density at radius 3 is 1.40 bits per heavy atom. The summed E-state index contributed by atoms with van der Waals surface area (Å²) in [6.07, 6.45) is -3.64. The highest BCUT2D eigenvalue weighted by molar-refractivity contribution is 5.99. The van der Waals surface area contributed by atoms with E-state index in [1.54, 1.807) is 27.7 Å². The quantitative estimate of drug-likeness (QED) is 0.0301. The number of hydrogen-bond acceptors (Lipinski definition) is 14. The second-order valence-electron chi connectivity index (χ2n) is 15.3. The van der Waals surface area contributed by atoms with Crippen molar-refractivity contribution >= 4 is 65.2 Å². The van der Waals surface area contributed by atoms with Crippen molar-refractivity contribution in [3.05, 3.63) is 0 Å². The molecule has 0 saturated carbocycles. The minimum atomic E-state index is -1.96. The van der Waals surface area contributed by atoms with E-state index in [1.165, 1.54) is 13.8 Å². The van der Waals surface area contributed by atoms with Crippen LogP contribution < -0.4 is 54.4 Å². The zero-order chi connectivity index (χ0) is 48.0. The lowest BCUT2D eigenvalue weighted by Crippen LogP contribution is -2.62. The fraction of sp³-hybridized carbons (Fsp3) is 0.703. The molecule has 0 saturated heterocycles. The predicted molar refractivity (Wildman–Crippen MR) is 217 cm³/mol. The van der Waals surface area contributed by atoms with Gasteiger partial charge in [0.25, 0.3) is 0 Å². The number of aliphatic hydroxyl groups excluding tert-OH is 1. The fourth-order valence-electron chi connectivity index (χ4n) is 5.62. The largest absolute Gasteiger partial charge is 0.481 e. The number of carbonyl (C=O) groups excluding carboxylic acids is 8. The van der Waals surface area contributed by atoms with Gasteiger partial charge in [-0.05, 0) is 57.9 Å². The van der Waals surface area contributed by atoms with E-state index in [-0.39, 0.29) is 31.7 Å². The van der Waals surface area contributed by atoms with Crippen LogP contribution in [0.2, 0.25) is 0 Å². The van der Waals surface area contributed by atoms with Crippen LogP contribution in [0.3, 0.4) is 0 Å². The van der Waals surface area contributed by atoms with Gasteiger partial charge in [0.05, 0.1) is 31.4 Å². The lowest BCUT2D eigenvalue weighted by atomic mass is 9.96. The zero-order valence-corrected chi connectivity index (χ0v) is 35.7. The Hall–Kier alpha value is -5.95. The van der Waals surface area contributed by atoms with Crippen LogP contribution in [0.1, 0.15) is 92.9 Å². The van der Waals surface area contributed by atoms with Crippen LogP contribution in [-0.2, 0) is 52.7 Å². The number of primary amides is 1. The summed E-state index contributed by atoms with van der Waals surface area (Å²) in [4.78, 5) is 140. The standard InChI is InChI=1S/C37H64N10O15/c1-7-17(4)28(46-31(55)20(10-8-9-11-38)41-36(60)29(19(6)48)47-30(54)18(5)39)35(59)44-23(14-26(50)51)34(58)43-22(13-25(40)49)33(57)42-21(12-16(2)3)32(56)45-24(37(61)62)15-27(52)53/h16-24,28-29,48H,7-15,38-39H2,1-6H3,(H2,40,49)(H,41,60)(H,42,57)(H,43,58)(H,44,59)(H,45,56)(H,46,55)(H,47,54)(H,50,51)(H,52,53)(H,61,62)/t17-,18-,19+,20-,21-,22-,23-,24-,28-,29-/m0/s1. The average molecular weight is 889 g/mol. The summed E-state index contributed by atoms with van der Waals surface area (Å²) in [5.74, 6) is -14.4. The topological polar surface area (TPSA) is 431 Å². The number of nitrogens with two attached hydrogens (primary N) is 3. The van der Waals surface area contributed by atoms with Crippen LogP contribution in [0.25, 0.3) is 0 Å². The van der Waals surface area contributed by atoms with Crippen molar-refractivity contribution in [2.45, 2.75) is 147 Å². The normalized spacial score (nSPS) is 15.9. The second-order valence-corrected chi connectivity index (χ2v) is 15.3. The Morgan fingerprint density at radius 2 is 0.952 bits per heavy atom. The number of hydrogen-bond donors (Lipinski definition) is 14. The van der Waals surface area contributed by atoms with Gasteiger partial charge in [-0.3, -0.25) is 47.9 Å². The highest BCUT2D eigenvalue weighted by atomic mass is 16.4. The van der Waals surface area contributed by atoms with Gasteiger partial charge in [0.2, 0.25) is 47.3 Å². The van der Waals surface area contributed by atoms with Crippen LogP contribution in [0.4, 0.5) is 0 Å². The minimum absolute atomic E-state index is 0.0209. The predicted octanol–water partition coefficient (Wildman–Crippen LogP) is -4.76. The maximum Gasteiger partial charge on any atom is 0.326 e. The van der Waals surface area contributed by atoms with Gasteiger partial charge in [-0.1, -0.05) is 34.1 Å². The first kappa shape index (κ1) is 56.0. The third kappa shape index (κ3) is 21.0. The van der Waals surface area contributed by atoms with Crippen LogP contribution in [0.5, 0.6) is 0 Å². The summed E-state index contributed by atoms with van der Waals surface area (Å²) in [5, 5.41) is 54.2. The van der Waals surface area contributed by atoms with Crippen molar-refractivity contribution < 1.29 is 73.2 Å². The maximum absolute atomic E-state index is 13.8. The van der Waals surface area contributed by atoms with E-state index < -0.39 is 145 Å². The Morgan fingerprint density at radius 1 is 0.532 bits per heavy atom. The van der Waals surface area contributed by atoms with Gasteiger partial charge in [-0.25, -0.2) is 4.79 Å². The van der Waals surface area contributed by atoms with Gasteiger partial charge in [0.1, 0.15) is 42.3 Å². The number of carbonyl (C=O) groups is 11. The molecule has 0 rings (SSSR count). The Balaban J connectivity index is 6.56. The zero-order valence-electron chi connectivity index (χ0n) is 35.7. The number of unbranched alkanes of at least 4 members (excludes halogenated alkanes) is 1. The van der Waals surface area contributed by atoms with Crippen LogP contribution in [0, 0.1) is 11.8 Å².